The van der Waals surface area contributed by atoms with Crippen LogP contribution in [0.5, 0.6) is 0 Å². The van der Waals surface area contributed by atoms with Gasteiger partial charge in [-0.25, -0.2) is 13.1 Å². The molecule has 2 N–H and O–H groups in total. The fourth-order valence-corrected chi connectivity index (χ4v) is 4.25. The van der Waals surface area contributed by atoms with Crippen molar-refractivity contribution in [2.45, 2.75) is 23.8 Å². The highest BCUT2D eigenvalue weighted by Gasteiger charge is 2.28. The van der Waals surface area contributed by atoms with E-state index in [1.807, 2.05) is 6.07 Å². The van der Waals surface area contributed by atoms with E-state index < -0.39 is 10.0 Å². The number of nitrogens with zero attached hydrogens (tertiary/aromatic N) is 1. The van der Waals surface area contributed by atoms with Crippen LogP contribution in [0.3, 0.4) is 0 Å². The summed E-state index contributed by atoms with van der Waals surface area (Å²) >= 11 is 6.15. The van der Waals surface area contributed by atoms with Crippen molar-refractivity contribution in [3.63, 3.8) is 0 Å². The van der Waals surface area contributed by atoms with Gasteiger partial charge in [-0.05, 0) is 49.2 Å². The van der Waals surface area contributed by atoms with Crippen molar-refractivity contribution in [2.75, 3.05) is 5.32 Å². The van der Waals surface area contributed by atoms with Crippen molar-refractivity contribution in [1.82, 2.24) is 9.71 Å². The molecule has 0 saturated heterocycles. The van der Waals surface area contributed by atoms with Crippen molar-refractivity contribution in [3.8, 4) is 0 Å². The Kier molecular flexibility index (Phi) is 4.59. The van der Waals surface area contributed by atoms with E-state index in [1.54, 1.807) is 24.4 Å². The number of anilines is 1. The zero-order valence-electron chi connectivity index (χ0n) is 14.1. The fraction of sp³-hybridized carbons (Fsp3) is 0.158. The van der Waals surface area contributed by atoms with Gasteiger partial charge in [-0.1, -0.05) is 23.7 Å². The first kappa shape index (κ1) is 17.9. The molecule has 0 aliphatic heterocycles. The van der Waals surface area contributed by atoms with Gasteiger partial charge in [0.25, 0.3) is 5.91 Å². The Morgan fingerprint density at radius 1 is 1.07 bits per heavy atom. The van der Waals surface area contributed by atoms with Crippen LogP contribution in [0.15, 0.2) is 59.6 Å². The third-order valence-electron chi connectivity index (χ3n) is 4.30. The predicted octanol–water partition coefficient (Wildman–Crippen LogP) is 3.58. The molecule has 1 heterocycles. The van der Waals surface area contributed by atoms with Crippen LogP contribution in [0, 0.1) is 0 Å². The van der Waals surface area contributed by atoms with Crippen LogP contribution in [0.25, 0.3) is 10.9 Å². The lowest BCUT2D eigenvalue weighted by Gasteiger charge is -2.10. The van der Waals surface area contributed by atoms with Crippen molar-refractivity contribution in [3.05, 3.63) is 65.3 Å². The van der Waals surface area contributed by atoms with Crippen LogP contribution < -0.4 is 10.0 Å². The molecule has 1 aliphatic carbocycles. The second kappa shape index (κ2) is 6.92. The number of benzene rings is 2. The number of para-hydroxylation sites is 1. The normalized spacial score (nSPS) is 14.3. The molecule has 27 heavy (non-hydrogen) atoms. The molecular formula is C19H16ClN3O3S. The number of hydrogen-bond acceptors (Lipinski definition) is 4. The molecule has 6 nitrogen and oxygen atoms in total. The first-order valence-corrected chi connectivity index (χ1v) is 10.3. The largest absolute Gasteiger partial charge is 0.321 e. The summed E-state index contributed by atoms with van der Waals surface area (Å²) in [5.41, 5.74) is 1.54. The lowest BCUT2D eigenvalue weighted by molar-refractivity contribution is 0.102. The van der Waals surface area contributed by atoms with E-state index in [0.29, 0.717) is 21.8 Å². The molecule has 0 radical (unpaired) electrons. The molecule has 2 aromatic carbocycles. The fourth-order valence-electron chi connectivity index (χ4n) is 2.72. The number of fused-ring (bicyclic) bond motifs is 1. The van der Waals surface area contributed by atoms with Crippen molar-refractivity contribution in [1.29, 1.82) is 0 Å². The van der Waals surface area contributed by atoms with E-state index in [2.05, 4.69) is 15.0 Å². The first-order valence-electron chi connectivity index (χ1n) is 8.41. The van der Waals surface area contributed by atoms with Crippen molar-refractivity contribution < 1.29 is 13.2 Å². The summed E-state index contributed by atoms with van der Waals surface area (Å²) in [4.78, 5) is 16.9. The number of rotatable bonds is 5. The van der Waals surface area contributed by atoms with Crippen LogP contribution in [-0.4, -0.2) is 25.4 Å². The minimum Gasteiger partial charge on any atom is -0.321 e. The molecule has 1 saturated carbocycles. The molecule has 0 bridgehead atoms. The highest BCUT2D eigenvalue weighted by Crippen LogP contribution is 2.27. The summed E-state index contributed by atoms with van der Waals surface area (Å²) in [7, 11) is -3.54. The zero-order chi connectivity index (χ0) is 19.0. The van der Waals surface area contributed by atoms with Gasteiger partial charge < -0.3 is 5.32 Å². The molecule has 0 unspecified atom stereocenters. The van der Waals surface area contributed by atoms with Gasteiger partial charge in [-0.2, -0.15) is 0 Å². The van der Waals surface area contributed by atoms with Gasteiger partial charge in [0, 0.05) is 23.2 Å². The van der Waals surface area contributed by atoms with Crippen molar-refractivity contribution in [2.24, 2.45) is 0 Å². The number of carbonyl (C=O) groups excluding carboxylic acids is 1. The highest BCUT2D eigenvalue weighted by atomic mass is 35.5. The number of sulfonamides is 1. The van der Waals surface area contributed by atoms with Gasteiger partial charge in [-0.3, -0.25) is 9.78 Å². The Morgan fingerprint density at radius 3 is 2.52 bits per heavy atom. The average Bonchev–Trinajstić information content (AvgIpc) is 3.46. The smallest absolute Gasteiger partial charge is 0.255 e. The molecule has 1 aromatic heterocycles. The number of halogens is 1. The van der Waals surface area contributed by atoms with Crippen LogP contribution in [-0.2, 0) is 10.0 Å². The number of pyridine rings is 1. The second-order valence-electron chi connectivity index (χ2n) is 6.37. The summed E-state index contributed by atoms with van der Waals surface area (Å²) < 4.78 is 27.0. The Hall–Kier alpha value is -2.48. The second-order valence-corrected chi connectivity index (χ2v) is 8.49. The molecule has 0 atom stereocenters. The average molecular weight is 402 g/mol. The van der Waals surface area contributed by atoms with Gasteiger partial charge in [0.05, 0.1) is 21.1 Å². The Labute approximate surface area is 161 Å². The van der Waals surface area contributed by atoms with Gasteiger partial charge in [0.15, 0.2) is 0 Å². The summed E-state index contributed by atoms with van der Waals surface area (Å²) in [6.07, 6.45) is 3.30. The Bertz CT molecular complexity index is 1130. The minimum atomic E-state index is -3.54. The first-order chi connectivity index (χ1) is 12.9. The molecule has 4 rings (SSSR count). The summed E-state index contributed by atoms with van der Waals surface area (Å²) in [6, 6.07) is 12.9. The molecular weight excluding hydrogens is 386 g/mol. The summed E-state index contributed by atoms with van der Waals surface area (Å²) in [5, 5.41) is 4.06. The predicted molar refractivity (Wildman–Crippen MR) is 104 cm³/mol. The maximum Gasteiger partial charge on any atom is 0.255 e. The monoisotopic (exact) mass is 401 g/mol. The van der Waals surface area contributed by atoms with E-state index in [4.69, 9.17) is 11.6 Å². The van der Waals surface area contributed by atoms with Gasteiger partial charge >= 0.3 is 0 Å². The molecule has 0 spiro atoms. The van der Waals surface area contributed by atoms with Gasteiger partial charge in [0.2, 0.25) is 10.0 Å². The van der Waals surface area contributed by atoms with E-state index in [-0.39, 0.29) is 16.8 Å². The lowest BCUT2D eigenvalue weighted by atomic mass is 10.1. The maximum absolute atomic E-state index is 12.6. The third-order valence-corrected chi connectivity index (χ3v) is 6.14. The van der Waals surface area contributed by atoms with Crippen LogP contribution >= 0.6 is 11.6 Å². The summed E-state index contributed by atoms with van der Waals surface area (Å²) in [5.74, 6) is -0.346. The SMILES string of the molecule is O=C(Nc1ccnc2c(Cl)cccc12)c1ccc(S(=O)(=O)NC2CC2)cc1. The molecule has 138 valence electrons. The van der Waals surface area contributed by atoms with E-state index >= 15 is 0 Å². The third kappa shape index (κ3) is 3.80. The quantitative estimate of drug-likeness (QED) is 0.683. The topological polar surface area (TPSA) is 88.2 Å². The number of aromatic nitrogens is 1. The van der Waals surface area contributed by atoms with Crippen LogP contribution in [0.2, 0.25) is 5.02 Å². The Balaban J connectivity index is 1.56. The number of nitrogens with one attached hydrogen (secondary N) is 2. The maximum atomic E-state index is 12.6. The van der Waals surface area contributed by atoms with E-state index in [0.717, 1.165) is 18.2 Å². The number of carbonyl (C=O) groups is 1. The zero-order valence-corrected chi connectivity index (χ0v) is 15.7. The minimum absolute atomic E-state index is 0.0322. The van der Waals surface area contributed by atoms with Crippen LogP contribution in [0.4, 0.5) is 5.69 Å². The van der Waals surface area contributed by atoms with Gasteiger partial charge in [0.1, 0.15) is 0 Å². The number of amides is 1. The van der Waals surface area contributed by atoms with Crippen molar-refractivity contribution >= 4 is 44.1 Å². The molecule has 1 aliphatic rings. The van der Waals surface area contributed by atoms with E-state index in [1.165, 1.54) is 24.3 Å². The van der Waals surface area contributed by atoms with Gasteiger partial charge in [-0.15, -0.1) is 0 Å². The summed E-state index contributed by atoms with van der Waals surface area (Å²) in [6.45, 7) is 0. The lowest BCUT2D eigenvalue weighted by Crippen LogP contribution is -2.25. The standard InChI is InChI=1S/C19H16ClN3O3S/c20-16-3-1-2-15-17(10-11-21-18(15)16)22-19(24)12-4-8-14(9-5-12)27(25,26)23-13-6-7-13/h1-5,8-11,13,23H,6-7H2,(H,21,22,24). The number of hydrogen-bond donors (Lipinski definition) is 2. The highest BCUT2D eigenvalue weighted by molar-refractivity contribution is 7.89. The van der Waals surface area contributed by atoms with Crippen LogP contribution in [0.1, 0.15) is 23.2 Å². The molecule has 8 heteroatoms. The molecule has 1 fully saturated rings. The Morgan fingerprint density at radius 2 is 1.81 bits per heavy atom. The molecule has 1 amide bonds. The molecule has 3 aromatic rings. The van der Waals surface area contributed by atoms with E-state index in [9.17, 15) is 13.2 Å².